The topological polar surface area (TPSA) is 97.6 Å². The summed E-state index contributed by atoms with van der Waals surface area (Å²) >= 11 is 3.46. The average Bonchev–Trinajstić information content (AvgIpc) is 3.46. The van der Waals surface area contributed by atoms with Gasteiger partial charge in [-0.1, -0.05) is 6.07 Å². The molecule has 1 amide bonds. The highest BCUT2D eigenvalue weighted by Gasteiger charge is 2.47. The highest BCUT2D eigenvalue weighted by molar-refractivity contribution is 9.10. The zero-order valence-corrected chi connectivity index (χ0v) is 19.8. The van der Waals surface area contributed by atoms with Crippen LogP contribution in [0.1, 0.15) is 25.7 Å². The van der Waals surface area contributed by atoms with Crippen LogP contribution in [0, 0.1) is 11.2 Å². The van der Waals surface area contributed by atoms with E-state index in [1.807, 2.05) is 12.1 Å². The number of hydrogen-bond acceptors (Lipinski definition) is 6. The summed E-state index contributed by atoms with van der Waals surface area (Å²) in [5.41, 5.74) is 1.16. The van der Waals surface area contributed by atoms with Gasteiger partial charge in [-0.05, 0) is 53.7 Å². The van der Waals surface area contributed by atoms with Crippen LogP contribution in [0.4, 0.5) is 10.3 Å². The number of nitrogens with zero attached hydrogens (tertiary/aromatic N) is 5. The van der Waals surface area contributed by atoms with Crippen molar-refractivity contribution in [3.63, 3.8) is 0 Å². The van der Waals surface area contributed by atoms with Gasteiger partial charge in [0.2, 0.25) is 11.9 Å². The van der Waals surface area contributed by atoms with Crippen molar-refractivity contribution in [2.45, 2.75) is 31.7 Å². The molecule has 2 atom stereocenters. The van der Waals surface area contributed by atoms with Gasteiger partial charge in [0.15, 0.2) is 11.5 Å². The number of pyridine rings is 1. The van der Waals surface area contributed by atoms with E-state index in [4.69, 9.17) is 0 Å². The van der Waals surface area contributed by atoms with Crippen LogP contribution < -0.4 is 10.6 Å². The molecule has 1 aliphatic carbocycles. The summed E-state index contributed by atoms with van der Waals surface area (Å²) in [5, 5.41) is 12.3. The second kappa shape index (κ2) is 8.18. The van der Waals surface area contributed by atoms with Gasteiger partial charge in [0, 0.05) is 36.4 Å². The minimum absolute atomic E-state index is 0. The molecular weight excluding hydrogens is 513 g/mol. The summed E-state index contributed by atoms with van der Waals surface area (Å²) < 4.78 is 16.8. The molecule has 11 heteroatoms. The van der Waals surface area contributed by atoms with Gasteiger partial charge < -0.3 is 10.6 Å². The highest BCUT2D eigenvalue weighted by atomic mass is 79.9. The number of benzene rings is 1. The molecule has 0 bridgehead atoms. The lowest BCUT2D eigenvalue weighted by Crippen LogP contribution is -2.30. The summed E-state index contributed by atoms with van der Waals surface area (Å²) in [7, 11) is 0. The molecule has 1 aromatic carbocycles. The van der Waals surface area contributed by atoms with E-state index in [0.29, 0.717) is 32.8 Å². The van der Waals surface area contributed by atoms with Gasteiger partial charge in [-0.15, -0.1) is 12.4 Å². The first-order valence-electron chi connectivity index (χ1n) is 10.5. The quantitative estimate of drug-likeness (QED) is 0.411. The van der Waals surface area contributed by atoms with Crippen LogP contribution >= 0.6 is 28.3 Å². The van der Waals surface area contributed by atoms with Crippen molar-refractivity contribution >= 4 is 62.1 Å². The number of amides is 1. The third-order valence-electron chi connectivity index (χ3n) is 6.58. The summed E-state index contributed by atoms with van der Waals surface area (Å²) in [6, 6.07) is 6.95. The maximum atomic E-state index is 14.7. The fourth-order valence-electron chi connectivity index (χ4n) is 4.96. The Morgan fingerprint density at radius 2 is 2.15 bits per heavy atom. The molecule has 4 aromatic rings. The molecule has 170 valence electrons. The predicted molar refractivity (Wildman–Crippen MR) is 128 cm³/mol. The van der Waals surface area contributed by atoms with Gasteiger partial charge in [0.1, 0.15) is 10.1 Å². The van der Waals surface area contributed by atoms with E-state index in [1.54, 1.807) is 23.1 Å². The Labute approximate surface area is 202 Å². The lowest BCUT2D eigenvalue weighted by atomic mass is 9.84. The maximum absolute atomic E-state index is 14.7. The normalized spacial score (nSPS) is 22.1. The summed E-state index contributed by atoms with van der Waals surface area (Å²) in [5.74, 6) is 0.207. The first kappa shape index (κ1) is 22.0. The molecule has 33 heavy (non-hydrogen) atoms. The highest BCUT2D eigenvalue weighted by Crippen LogP contribution is 2.44. The smallest absolute Gasteiger partial charge is 0.226 e. The Morgan fingerprint density at radius 3 is 2.97 bits per heavy atom. The Morgan fingerprint density at radius 1 is 1.27 bits per heavy atom. The number of rotatable bonds is 3. The molecule has 4 heterocycles. The molecule has 6 rings (SSSR count). The molecule has 2 N–H and O–H groups in total. The first-order valence-corrected chi connectivity index (χ1v) is 11.3. The van der Waals surface area contributed by atoms with Gasteiger partial charge in [0.05, 0.1) is 16.5 Å². The largest absolute Gasteiger partial charge is 0.356 e. The number of anilines is 1. The number of carbonyl (C=O) groups is 1. The summed E-state index contributed by atoms with van der Waals surface area (Å²) in [4.78, 5) is 25.5. The second-order valence-corrected chi connectivity index (χ2v) is 9.26. The molecule has 3 aromatic heterocycles. The van der Waals surface area contributed by atoms with Gasteiger partial charge in [-0.2, -0.15) is 10.1 Å². The van der Waals surface area contributed by atoms with Crippen LogP contribution in [0.2, 0.25) is 0 Å². The Balaban J connectivity index is 0.00000228. The van der Waals surface area contributed by atoms with Crippen LogP contribution in [0.3, 0.4) is 0 Å². The van der Waals surface area contributed by atoms with Gasteiger partial charge >= 0.3 is 0 Å². The third kappa shape index (κ3) is 3.61. The Kier molecular flexibility index (Phi) is 5.44. The zero-order chi connectivity index (χ0) is 21.9. The van der Waals surface area contributed by atoms with Crippen LogP contribution in [-0.4, -0.2) is 43.2 Å². The molecule has 8 nitrogen and oxygen atoms in total. The molecule has 0 unspecified atom stereocenters. The Bertz CT molecular complexity index is 1400. The lowest BCUT2D eigenvalue weighted by Gasteiger charge is -2.19. The number of hydrogen-bond donors (Lipinski definition) is 2. The van der Waals surface area contributed by atoms with E-state index in [0.717, 1.165) is 37.6 Å². The van der Waals surface area contributed by atoms with Gasteiger partial charge in [0.25, 0.3) is 0 Å². The van der Waals surface area contributed by atoms with E-state index < -0.39 is 5.82 Å². The van der Waals surface area contributed by atoms with Crippen LogP contribution in [-0.2, 0) is 4.79 Å². The second-order valence-electron chi connectivity index (χ2n) is 8.51. The van der Waals surface area contributed by atoms with Crippen molar-refractivity contribution < 1.29 is 9.18 Å². The van der Waals surface area contributed by atoms with Crippen LogP contribution in [0.15, 0.2) is 41.3 Å². The standard InChI is InChI=1S/C22H19BrFN7O.ClH/c23-18-15-11-27-21(28-13-3-4-22(10-13)5-7-26-20(22)32)29-19(15)31(30-18)14-8-12-2-1-6-25-17(12)16(24)9-14;/h1-2,6,8-9,11,13H,3-5,7,10H2,(H,26,32)(H,27,28,29);1H/t13-,22+;/m1./s1. The van der Waals surface area contributed by atoms with Crippen molar-refractivity contribution in [3.05, 3.63) is 47.1 Å². The van der Waals surface area contributed by atoms with E-state index in [-0.39, 0.29) is 29.8 Å². The molecule has 0 radical (unpaired) electrons. The molecule has 1 spiro atoms. The van der Waals surface area contributed by atoms with Gasteiger partial charge in [-0.25, -0.2) is 14.1 Å². The van der Waals surface area contributed by atoms with Gasteiger partial charge in [-0.3, -0.25) is 9.78 Å². The van der Waals surface area contributed by atoms with E-state index in [2.05, 4.69) is 46.6 Å². The SMILES string of the molecule is Cl.O=C1NCC[C@]12CC[C@@H](Nc1ncc3c(Br)nn(-c4cc(F)c5ncccc5c4)c3n1)C2. The monoisotopic (exact) mass is 531 g/mol. The molecule has 1 saturated heterocycles. The lowest BCUT2D eigenvalue weighted by molar-refractivity contribution is -0.127. The third-order valence-corrected chi connectivity index (χ3v) is 7.17. The minimum Gasteiger partial charge on any atom is -0.356 e. The average molecular weight is 533 g/mol. The fourth-order valence-corrected chi connectivity index (χ4v) is 5.39. The predicted octanol–water partition coefficient (Wildman–Crippen LogP) is 4.16. The number of fused-ring (bicyclic) bond motifs is 2. The number of aromatic nitrogens is 5. The maximum Gasteiger partial charge on any atom is 0.226 e. The van der Waals surface area contributed by atoms with Crippen molar-refractivity contribution in [2.24, 2.45) is 5.41 Å². The minimum atomic E-state index is -0.420. The number of carbonyl (C=O) groups excluding carboxylic acids is 1. The summed E-state index contributed by atoms with van der Waals surface area (Å²) in [6.45, 7) is 0.749. The van der Waals surface area contributed by atoms with E-state index in [9.17, 15) is 9.18 Å². The summed E-state index contributed by atoms with van der Waals surface area (Å²) in [6.07, 6.45) is 6.67. The Hall–Kier alpha value is -2.85. The van der Waals surface area contributed by atoms with Crippen molar-refractivity contribution in [3.8, 4) is 5.69 Å². The van der Waals surface area contributed by atoms with E-state index >= 15 is 0 Å². The molecule has 1 aliphatic heterocycles. The number of nitrogens with one attached hydrogen (secondary N) is 2. The zero-order valence-electron chi connectivity index (χ0n) is 17.4. The van der Waals surface area contributed by atoms with Crippen molar-refractivity contribution in [2.75, 3.05) is 11.9 Å². The van der Waals surface area contributed by atoms with Crippen molar-refractivity contribution in [1.29, 1.82) is 0 Å². The first-order chi connectivity index (χ1) is 15.5. The van der Waals surface area contributed by atoms with E-state index in [1.165, 1.54) is 6.07 Å². The molecule has 1 saturated carbocycles. The van der Waals surface area contributed by atoms with Crippen molar-refractivity contribution in [1.82, 2.24) is 30.0 Å². The van der Waals surface area contributed by atoms with Crippen LogP contribution in [0.25, 0.3) is 27.6 Å². The van der Waals surface area contributed by atoms with Crippen LogP contribution in [0.5, 0.6) is 0 Å². The molecule has 2 fully saturated rings. The number of halogens is 3. The molecular formula is C22H20BrClFN7O. The fraction of sp³-hybridized carbons (Fsp3) is 0.318. The molecule has 2 aliphatic rings.